The molecule has 1 aliphatic rings. The van der Waals surface area contributed by atoms with Crippen LogP contribution in [0.1, 0.15) is 40.0 Å². The fraction of sp³-hybridized carbons (Fsp3) is 1.00. The Morgan fingerprint density at radius 3 is 2.63 bits per heavy atom. The maximum Gasteiger partial charge on any atom is 0.150 e. The molecule has 5 heteroatoms. The molecular weight excluding hydrogens is 262 g/mol. The highest BCUT2D eigenvalue weighted by molar-refractivity contribution is 7.91. The van der Waals surface area contributed by atoms with E-state index in [4.69, 9.17) is 4.74 Å². The van der Waals surface area contributed by atoms with Gasteiger partial charge in [-0.15, -0.1) is 0 Å². The summed E-state index contributed by atoms with van der Waals surface area (Å²) in [6, 6.07) is 0. The first-order chi connectivity index (χ1) is 8.94. The zero-order valence-corrected chi connectivity index (χ0v) is 13.3. The third-order valence-corrected chi connectivity index (χ3v) is 5.50. The molecule has 0 aromatic heterocycles. The van der Waals surface area contributed by atoms with E-state index < -0.39 is 9.84 Å². The molecule has 1 saturated heterocycles. The van der Waals surface area contributed by atoms with Crippen molar-refractivity contribution in [3.63, 3.8) is 0 Å². The quantitative estimate of drug-likeness (QED) is 0.659. The Balaban J connectivity index is 2.44. The van der Waals surface area contributed by atoms with Gasteiger partial charge in [-0.2, -0.15) is 0 Å². The van der Waals surface area contributed by atoms with Gasteiger partial charge in [0, 0.05) is 6.61 Å². The average molecular weight is 291 g/mol. The third kappa shape index (κ3) is 6.72. The van der Waals surface area contributed by atoms with E-state index in [0.717, 1.165) is 39.0 Å². The molecule has 1 heterocycles. The lowest BCUT2D eigenvalue weighted by atomic mass is 9.89. The lowest BCUT2D eigenvalue weighted by molar-refractivity contribution is 0.0634. The smallest absolute Gasteiger partial charge is 0.150 e. The van der Waals surface area contributed by atoms with Crippen molar-refractivity contribution >= 4 is 9.84 Å². The predicted molar refractivity (Wildman–Crippen MR) is 79.1 cm³/mol. The fourth-order valence-electron chi connectivity index (χ4n) is 2.62. The number of hydrogen-bond acceptors (Lipinski definition) is 4. The van der Waals surface area contributed by atoms with Gasteiger partial charge in [0.25, 0.3) is 0 Å². The van der Waals surface area contributed by atoms with Gasteiger partial charge in [0.1, 0.15) is 0 Å². The predicted octanol–water partition coefficient (Wildman–Crippen LogP) is 1.85. The van der Waals surface area contributed by atoms with E-state index >= 15 is 0 Å². The second-order valence-electron chi connectivity index (χ2n) is 5.84. The summed E-state index contributed by atoms with van der Waals surface area (Å²) in [6.07, 6.45) is 3.13. The third-order valence-electron chi connectivity index (χ3n) is 3.71. The van der Waals surface area contributed by atoms with E-state index in [2.05, 4.69) is 12.2 Å². The number of sulfone groups is 1. The number of ether oxygens (including phenoxy) is 1. The van der Waals surface area contributed by atoms with E-state index in [1.165, 1.54) is 0 Å². The average Bonchev–Trinajstić information content (AvgIpc) is 2.67. The van der Waals surface area contributed by atoms with Gasteiger partial charge in [-0.1, -0.05) is 6.92 Å². The summed E-state index contributed by atoms with van der Waals surface area (Å²) in [5.41, 5.74) is 0. The molecule has 4 nitrogen and oxygen atoms in total. The summed E-state index contributed by atoms with van der Waals surface area (Å²) in [5.74, 6) is 1.47. The van der Waals surface area contributed by atoms with Gasteiger partial charge in [-0.25, -0.2) is 8.42 Å². The van der Waals surface area contributed by atoms with Crippen molar-refractivity contribution in [2.24, 2.45) is 11.8 Å². The molecule has 1 aliphatic heterocycles. The molecule has 0 bridgehead atoms. The van der Waals surface area contributed by atoms with Gasteiger partial charge in [-0.3, -0.25) is 0 Å². The Bertz CT molecular complexity index is 341. The minimum absolute atomic E-state index is 0.247. The molecule has 0 aliphatic carbocycles. The molecular formula is C14H29NO3S. The van der Waals surface area contributed by atoms with Crippen molar-refractivity contribution in [3.8, 4) is 0 Å². The van der Waals surface area contributed by atoms with Crippen LogP contribution < -0.4 is 5.32 Å². The van der Waals surface area contributed by atoms with E-state index in [-0.39, 0.29) is 6.10 Å². The van der Waals surface area contributed by atoms with Crippen molar-refractivity contribution in [1.82, 2.24) is 5.32 Å². The fourth-order valence-corrected chi connectivity index (χ4v) is 4.54. The van der Waals surface area contributed by atoms with Crippen LogP contribution in [-0.2, 0) is 14.6 Å². The number of rotatable bonds is 9. The topological polar surface area (TPSA) is 55.4 Å². The lowest BCUT2D eigenvalue weighted by Crippen LogP contribution is -2.30. The molecule has 2 atom stereocenters. The highest BCUT2D eigenvalue weighted by Crippen LogP contribution is 2.28. The molecule has 1 N–H and O–H groups in total. The summed E-state index contributed by atoms with van der Waals surface area (Å²) in [4.78, 5) is 0. The Morgan fingerprint density at radius 2 is 2.11 bits per heavy atom. The summed E-state index contributed by atoms with van der Waals surface area (Å²) in [6.45, 7) is 8.85. The molecule has 19 heavy (non-hydrogen) atoms. The first-order valence-electron chi connectivity index (χ1n) is 7.47. The Kier molecular flexibility index (Phi) is 7.32. The summed E-state index contributed by atoms with van der Waals surface area (Å²) >= 11 is 0. The Morgan fingerprint density at radius 1 is 1.37 bits per heavy atom. The Hall–Kier alpha value is -0.130. The van der Waals surface area contributed by atoms with Gasteiger partial charge in [0.2, 0.25) is 0 Å². The molecule has 2 unspecified atom stereocenters. The van der Waals surface area contributed by atoms with Gasteiger partial charge < -0.3 is 10.1 Å². The molecule has 0 spiro atoms. The Labute approximate surface area is 118 Å². The maximum atomic E-state index is 11.6. The van der Waals surface area contributed by atoms with Gasteiger partial charge in [-0.05, 0) is 58.0 Å². The van der Waals surface area contributed by atoms with Crippen molar-refractivity contribution < 1.29 is 13.2 Å². The molecule has 0 saturated carbocycles. The number of nitrogens with one attached hydrogen (secondary N) is 1. The first kappa shape index (κ1) is 16.9. The minimum Gasteiger partial charge on any atom is -0.379 e. The largest absolute Gasteiger partial charge is 0.379 e. The monoisotopic (exact) mass is 291 g/mol. The summed E-state index contributed by atoms with van der Waals surface area (Å²) < 4.78 is 28.8. The van der Waals surface area contributed by atoms with Crippen LogP contribution in [0.25, 0.3) is 0 Å². The van der Waals surface area contributed by atoms with Crippen LogP contribution in [0.15, 0.2) is 0 Å². The lowest BCUT2D eigenvalue weighted by Gasteiger charge is -2.23. The van der Waals surface area contributed by atoms with Gasteiger partial charge in [0.15, 0.2) is 9.84 Å². The van der Waals surface area contributed by atoms with E-state index in [0.29, 0.717) is 23.3 Å². The zero-order valence-electron chi connectivity index (χ0n) is 12.5. The van der Waals surface area contributed by atoms with Crippen LogP contribution in [0.3, 0.4) is 0 Å². The molecule has 0 amide bonds. The van der Waals surface area contributed by atoms with Crippen LogP contribution in [0, 0.1) is 11.8 Å². The second kappa shape index (κ2) is 8.22. The van der Waals surface area contributed by atoms with Crippen LogP contribution in [0.5, 0.6) is 0 Å². The van der Waals surface area contributed by atoms with Crippen molar-refractivity contribution in [2.45, 2.75) is 46.1 Å². The molecule has 0 aromatic carbocycles. The van der Waals surface area contributed by atoms with Gasteiger partial charge in [0.05, 0.1) is 17.6 Å². The van der Waals surface area contributed by atoms with E-state index in [9.17, 15) is 8.42 Å². The van der Waals surface area contributed by atoms with Crippen LogP contribution in [0.4, 0.5) is 0 Å². The molecule has 1 fully saturated rings. The van der Waals surface area contributed by atoms with Crippen LogP contribution in [-0.4, -0.2) is 45.7 Å². The molecule has 0 aromatic rings. The highest BCUT2D eigenvalue weighted by atomic mass is 32.2. The normalized spacial score (nSPS) is 23.9. The molecule has 114 valence electrons. The van der Waals surface area contributed by atoms with Crippen molar-refractivity contribution in [2.75, 3.05) is 31.2 Å². The SMILES string of the molecule is CCCNCC(CCOC(C)C)C1CCS(=O)(=O)C1. The zero-order chi connectivity index (χ0) is 14.3. The van der Waals surface area contributed by atoms with E-state index in [1.807, 2.05) is 13.8 Å². The summed E-state index contributed by atoms with van der Waals surface area (Å²) in [5, 5.41) is 3.43. The highest BCUT2D eigenvalue weighted by Gasteiger charge is 2.33. The summed E-state index contributed by atoms with van der Waals surface area (Å²) in [7, 11) is -2.78. The van der Waals surface area contributed by atoms with Gasteiger partial charge >= 0.3 is 0 Å². The van der Waals surface area contributed by atoms with Crippen molar-refractivity contribution in [1.29, 1.82) is 0 Å². The standard InChI is InChI=1S/C14H29NO3S/c1-4-7-15-10-13(5-8-18-12(2)3)14-6-9-19(16,17)11-14/h12-15H,4-11H2,1-3H3. The number of hydrogen-bond donors (Lipinski definition) is 1. The maximum absolute atomic E-state index is 11.6. The molecule has 0 radical (unpaired) electrons. The van der Waals surface area contributed by atoms with Crippen molar-refractivity contribution in [3.05, 3.63) is 0 Å². The van der Waals surface area contributed by atoms with Crippen LogP contribution in [0.2, 0.25) is 0 Å². The minimum atomic E-state index is -2.78. The molecule has 1 rings (SSSR count). The second-order valence-corrected chi connectivity index (χ2v) is 8.06. The first-order valence-corrected chi connectivity index (χ1v) is 9.29. The van der Waals surface area contributed by atoms with Crippen LogP contribution >= 0.6 is 0 Å². The van der Waals surface area contributed by atoms with E-state index in [1.54, 1.807) is 0 Å².